The molecule has 2 aromatic rings. The molecule has 1 unspecified atom stereocenters. The molecule has 1 nitrogen and oxygen atoms in total. The highest BCUT2D eigenvalue weighted by atomic mass is 19.1. The third-order valence-electron chi connectivity index (χ3n) is 3.99. The summed E-state index contributed by atoms with van der Waals surface area (Å²) < 4.78 is 26.5. The molecule has 0 radical (unpaired) electrons. The van der Waals surface area contributed by atoms with Crippen LogP contribution in [-0.2, 0) is 18.4 Å². The molecular formula is C17H16F2O. The summed E-state index contributed by atoms with van der Waals surface area (Å²) in [4.78, 5) is 0. The van der Waals surface area contributed by atoms with Crippen molar-refractivity contribution < 1.29 is 13.9 Å². The van der Waals surface area contributed by atoms with E-state index in [9.17, 15) is 13.9 Å². The average Bonchev–Trinajstić information content (AvgIpc) is 2.65. The molecule has 2 aromatic carbocycles. The molecule has 3 rings (SSSR count). The molecule has 0 heterocycles. The van der Waals surface area contributed by atoms with Crippen LogP contribution in [0.3, 0.4) is 0 Å². The SMILES string of the molecule is Cc1ccc2c(c1)C(O)(Cc1cc(F)cc(F)c1)CC2. The molecule has 0 spiro atoms. The standard InChI is InChI=1S/C17H16F2O/c1-11-2-3-13-4-5-17(20,16(13)6-11)10-12-7-14(18)9-15(19)8-12/h2-3,6-9,20H,4-5,10H2,1H3. The highest BCUT2D eigenvalue weighted by Crippen LogP contribution is 2.39. The number of rotatable bonds is 2. The highest BCUT2D eigenvalue weighted by molar-refractivity contribution is 5.41. The first-order valence-electron chi connectivity index (χ1n) is 6.74. The van der Waals surface area contributed by atoms with E-state index in [-0.39, 0.29) is 6.42 Å². The van der Waals surface area contributed by atoms with Crippen LogP contribution in [0.5, 0.6) is 0 Å². The minimum Gasteiger partial charge on any atom is -0.385 e. The number of fused-ring (bicyclic) bond motifs is 1. The Bertz CT molecular complexity index is 646. The van der Waals surface area contributed by atoms with Gasteiger partial charge in [-0.25, -0.2) is 8.78 Å². The second kappa shape index (κ2) is 4.67. The van der Waals surface area contributed by atoms with Gasteiger partial charge >= 0.3 is 0 Å². The Balaban J connectivity index is 1.97. The van der Waals surface area contributed by atoms with Gasteiger partial charge < -0.3 is 5.11 Å². The fourth-order valence-corrected chi connectivity index (χ4v) is 3.05. The minimum absolute atomic E-state index is 0.234. The quantitative estimate of drug-likeness (QED) is 0.886. The lowest BCUT2D eigenvalue weighted by atomic mass is 9.88. The van der Waals surface area contributed by atoms with Crippen molar-refractivity contribution in [1.82, 2.24) is 0 Å². The van der Waals surface area contributed by atoms with E-state index in [1.807, 2.05) is 25.1 Å². The number of halogens is 2. The molecule has 0 saturated carbocycles. The van der Waals surface area contributed by atoms with Crippen LogP contribution < -0.4 is 0 Å². The van der Waals surface area contributed by atoms with E-state index < -0.39 is 17.2 Å². The van der Waals surface area contributed by atoms with E-state index in [0.717, 1.165) is 29.2 Å². The molecule has 3 heteroatoms. The predicted molar refractivity (Wildman–Crippen MR) is 73.5 cm³/mol. The zero-order valence-electron chi connectivity index (χ0n) is 11.3. The van der Waals surface area contributed by atoms with Crippen molar-refractivity contribution >= 4 is 0 Å². The molecular weight excluding hydrogens is 258 g/mol. The fourth-order valence-electron chi connectivity index (χ4n) is 3.05. The number of aryl methyl sites for hydroxylation is 2. The van der Waals surface area contributed by atoms with E-state index in [1.165, 1.54) is 12.1 Å². The van der Waals surface area contributed by atoms with Gasteiger partial charge in [-0.1, -0.05) is 23.8 Å². The summed E-state index contributed by atoms with van der Waals surface area (Å²) in [7, 11) is 0. The smallest absolute Gasteiger partial charge is 0.126 e. The molecule has 1 aliphatic rings. The Hall–Kier alpha value is -1.74. The Morgan fingerprint density at radius 2 is 1.80 bits per heavy atom. The van der Waals surface area contributed by atoms with Crippen LogP contribution in [0.25, 0.3) is 0 Å². The first-order chi connectivity index (χ1) is 9.46. The van der Waals surface area contributed by atoms with Crippen molar-refractivity contribution in [3.8, 4) is 0 Å². The van der Waals surface area contributed by atoms with E-state index in [2.05, 4.69) is 0 Å². The number of aliphatic hydroxyl groups is 1. The molecule has 20 heavy (non-hydrogen) atoms. The summed E-state index contributed by atoms with van der Waals surface area (Å²) in [5.41, 5.74) is 2.55. The van der Waals surface area contributed by atoms with Crippen molar-refractivity contribution in [3.05, 3.63) is 70.3 Å². The second-order valence-electron chi connectivity index (χ2n) is 5.65. The average molecular weight is 274 g/mol. The largest absolute Gasteiger partial charge is 0.385 e. The maximum absolute atomic E-state index is 13.3. The maximum atomic E-state index is 13.3. The second-order valence-corrected chi connectivity index (χ2v) is 5.65. The van der Waals surface area contributed by atoms with Crippen molar-refractivity contribution in [2.24, 2.45) is 0 Å². The lowest BCUT2D eigenvalue weighted by Gasteiger charge is -2.24. The molecule has 0 bridgehead atoms. The van der Waals surface area contributed by atoms with Crippen molar-refractivity contribution in [1.29, 1.82) is 0 Å². The van der Waals surface area contributed by atoms with Gasteiger partial charge in [-0.3, -0.25) is 0 Å². The maximum Gasteiger partial charge on any atom is 0.126 e. The Morgan fingerprint density at radius 3 is 2.50 bits per heavy atom. The lowest BCUT2D eigenvalue weighted by molar-refractivity contribution is 0.0388. The Labute approximate surface area is 116 Å². The molecule has 0 fully saturated rings. The van der Waals surface area contributed by atoms with E-state index in [0.29, 0.717) is 12.0 Å². The molecule has 0 aliphatic heterocycles. The molecule has 0 aromatic heterocycles. The van der Waals surface area contributed by atoms with Gasteiger partial charge in [0.15, 0.2) is 0 Å². The number of hydrogen-bond acceptors (Lipinski definition) is 1. The van der Waals surface area contributed by atoms with E-state index in [1.54, 1.807) is 0 Å². The normalized spacial score (nSPS) is 21.0. The van der Waals surface area contributed by atoms with Crippen LogP contribution in [0.15, 0.2) is 36.4 Å². The first kappa shape index (κ1) is 13.3. The van der Waals surface area contributed by atoms with Crippen LogP contribution in [0.2, 0.25) is 0 Å². The summed E-state index contributed by atoms with van der Waals surface area (Å²) in [6.45, 7) is 1.97. The van der Waals surface area contributed by atoms with Gasteiger partial charge in [-0.15, -0.1) is 0 Å². The highest BCUT2D eigenvalue weighted by Gasteiger charge is 2.36. The third-order valence-corrected chi connectivity index (χ3v) is 3.99. The van der Waals surface area contributed by atoms with Crippen molar-refractivity contribution in [2.75, 3.05) is 0 Å². The van der Waals surface area contributed by atoms with E-state index in [4.69, 9.17) is 0 Å². The third kappa shape index (κ3) is 2.34. The summed E-state index contributed by atoms with van der Waals surface area (Å²) in [5.74, 6) is -1.21. The fraction of sp³-hybridized carbons (Fsp3) is 0.294. The topological polar surface area (TPSA) is 20.2 Å². The number of hydrogen-bond donors (Lipinski definition) is 1. The van der Waals surface area contributed by atoms with E-state index >= 15 is 0 Å². The van der Waals surface area contributed by atoms with Crippen LogP contribution in [-0.4, -0.2) is 5.11 Å². The Kier molecular flexibility index (Phi) is 3.09. The van der Waals surface area contributed by atoms with Gasteiger partial charge in [0.25, 0.3) is 0 Å². The van der Waals surface area contributed by atoms with Gasteiger partial charge in [0.1, 0.15) is 11.6 Å². The molecule has 1 atom stereocenters. The molecule has 1 aliphatic carbocycles. The zero-order chi connectivity index (χ0) is 14.3. The van der Waals surface area contributed by atoms with Gasteiger partial charge in [-0.2, -0.15) is 0 Å². The summed E-state index contributed by atoms with van der Waals surface area (Å²) in [6.07, 6.45) is 1.62. The van der Waals surface area contributed by atoms with Gasteiger partial charge in [0, 0.05) is 12.5 Å². The number of benzene rings is 2. The van der Waals surface area contributed by atoms with Gasteiger partial charge in [-0.05, 0) is 48.6 Å². The molecule has 1 N–H and O–H groups in total. The van der Waals surface area contributed by atoms with Gasteiger partial charge in [0.2, 0.25) is 0 Å². The molecule has 0 saturated heterocycles. The van der Waals surface area contributed by atoms with Crippen LogP contribution >= 0.6 is 0 Å². The predicted octanol–water partition coefficient (Wildman–Crippen LogP) is 3.65. The van der Waals surface area contributed by atoms with Crippen LogP contribution in [0.4, 0.5) is 8.78 Å². The minimum atomic E-state index is -1.03. The zero-order valence-corrected chi connectivity index (χ0v) is 11.3. The van der Waals surface area contributed by atoms with Gasteiger partial charge in [0.05, 0.1) is 5.60 Å². The molecule has 104 valence electrons. The molecule has 0 amide bonds. The van der Waals surface area contributed by atoms with Crippen LogP contribution in [0, 0.1) is 18.6 Å². The summed E-state index contributed by atoms with van der Waals surface area (Å²) in [6, 6.07) is 9.43. The monoisotopic (exact) mass is 274 g/mol. The summed E-state index contributed by atoms with van der Waals surface area (Å²) >= 11 is 0. The Morgan fingerprint density at radius 1 is 1.10 bits per heavy atom. The van der Waals surface area contributed by atoms with Crippen molar-refractivity contribution in [3.63, 3.8) is 0 Å². The van der Waals surface area contributed by atoms with Crippen LogP contribution in [0.1, 0.15) is 28.7 Å². The lowest BCUT2D eigenvalue weighted by Crippen LogP contribution is -2.25. The summed E-state index contributed by atoms with van der Waals surface area (Å²) in [5, 5.41) is 10.9. The van der Waals surface area contributed by atoms with Crippen molar-refractivity contribution in [2.45, 2.75) is 31.8 Å². The first-order valence-corrected chi connectivity index (χ1v) is 6.74.